The second-order valence-corrected chi connectivity index (χ2v) is 12.5. The fourth-order valence-corrected chi connectivity index (χ4v) is 7.13. The molecule has 4 nitrogen and oxygen atoms in total. The van der Waals surface area contributed by atoms with Crippen molar-refractivity contribution in [3.63, 3.8) is 0 Å². The summed E-state index contributed by atoms with van der Waals surface area (Å²) >= 11 is 0. The fraction of sp³-hybridized carbons (Fsp3) is 0. The van der Waals surface area contributed by atoms with Crippen molar-refractivity contribution >= 4 is 43.9 Å². The van der Waals surface area contributed by atoms with Crippen LogP contribution in [0.5, 0.6) is 0 Å². The number of rotatable bonds is 5. The van der Waals surface area contributed by atoms with Gasteiger partial charge in [-0.3, -0.25) is 0 Å². The molecule has 0 spiro atoms. The van der Waals surface area contributed by atoms with Crippen LogP contribution in [-0.4, -0.2) is 9.97 Å². The van der Waals surface area contributed by atoms with E-state index in [-0.39, 0.29) is 0 Å². The number of fused-ring (bicyclic) bond motifs is 6. The van der Waals surface area contributed by atoms with Crippen LogP contribution in [0.15, 0.2) is 179 Å². The number of aromatic nitrogens is 2. The lowest BCUT2D eigenvalue weighted by atomic mass is 9.97. The zero-order chi connectivity index (χ0) is 33.0. The molecule has 4 heteroatoms. The van der Waals surface area contributed by atoms with Crippen LogP contribution in [-0.2, 0) is 0 Å². The summed E-state index contributed by atoms with van der Waals surface area (Å²) < 4.78 is 12.3. The van der Waals surface area contributed by atoms with Crippen LogP contribution >= 0.6 is 0 Å². The molecular weight excluding hydrogens is 613 g/mol. The van der Waals surface area contributed by atoms with Gasteiger partial charge in [0.15, 0.2) is 5.82 Å². The molecule has 3 heterocycles. The molecule has 0 bridgehead atoms. The van der Waals surface area contributed by atoms with E-state index < -0.39 is 0 Å². The van der Waals surface area contributed by atoms with E-state index in [0.717, 1.165) is 94.2 Å². The Labute approximate surface area is 287 Å². The van der Waals surface area contributed by atoms with Gasteiger partial charge >= 0.3 is 0 Å². The van der Waals surface area contributed by atoms with E-state index in [1.165, 1.54) is 0 Å². The molecule has 7 aromatic carbocycles. The third-order valence-electron chi connectivity index (χ3n) is 9.55. The molecular formula is C46H28N2O2. The zero-order valence-corrected chi connectivity index (χ0v) is 26.9. The number of benzene rings is 7. The Balaban J connectivity index is 1.05. The van der Waals surface area contributed by atoms with Crippen LogP contribution in [0, 0.1) is 0 Å². The summed E-state index contributed by atoms with van der Waals surface area (Å²) in [6.45, 7) is 0. The van der Waals surface area contributed by atoms with Gasteiger partial charge in [-0.2, -0.15) is 0 Å². The van der Waals surface area contributed by atoms with E-state index in [4.69, 9.17) is 18.8 Å². The largest absolute Gasteiger partial charge is 0.456 e. The minimum Gasteiger partial charge on any atom is -0.456 e. The van der Waals surface area contributed by atoms with E-state index in [1.54, 1.807) is 0 Å². The fourth-order valence-electron chi connectivity index (χ4n) is 7.13. The highest BCUT2D eigenvalue weighted by Crippen LogP contribution is 2.39. The lowest BCUT2D eigenvalue weighted by Crippen LogP contribution is -1.96. The number of para-hydroxylation sites is 2. The van der Waals surface area contributed by atoms with E-state index in [0.29, 0.717) is 5.82 Å². The molecule has 0 amide bonds. The molecule has 0 radical (unpaired) electrons. The lowest BCUT2D eigenvalue weighted by molar-refractivity contribution is 0.668. The van der Waals surface area contributed by atoms with Gasteiger partial charge in [0.2, 0.25) is 0 Å². The van der Waals surface area contributed by atoms with Crippen molar-refractivity contribution in [3.05, 3.63) is 170 Å². The average molecular weight is 641 g/mol. The second-order valence-electron chi connectivity index (χ2n) is 12.5. The standard InChI is InChI=1S/C46H28N2O2/c1-2-10-33(11-3-1)46-47-38(31-24-20-29(21-25-31)34-14-8-18-42-44(34)36-12-4-6-16-40(36)49-42)28-39(48-46)32-26-22-30(23-27-32)35-15-9-19-43-45(35)37-13-5-7-17-41(37)50-43/h1-28H. The monoisotopic (exact) mass is 640 g/mol. The lowest BCUT2D eigenvalue weighted by Gasteiger charge is -2.11. The topological polar surface area (TPSA) is 52.1 Å². The first-order valence-electron chi connectivity index (χ1n) is 16.7. The van der Waals surface area contributed by atoms with Crippen LogP contribution in [0.2, 0.25) is 0 Å². The minimum atomic E-state index is 0.690. The highest BCUT2D eigenvalue weighted by Gasteiger charge is 2.16. The minimum absolute atomic E-state index is 0.690. The first kappa shape index (κ1) is 28.3. The van der Waals surface area contributed by atoms with Crippen molar-refractivity contribution in [2.75, 3.05) is 0 Å². The second kappa shape index (κ2) is 11.4. The summed E-state index contributed by atoms with van der Waals surface area (Å²) in [5, 5.41) is 4.51. The predicted octanol–water partition coefficient (Wildman–Crippen LogP) is 12.6. The summed E-state index contributed by atoms with van der Waals surface area (Å²) in [5.74, 6) is 0.690. The Morgan fingerprint density at radius 1 is 0.320 bits per heavy atom. The van der Waals surface area contributed by atoms with E-state index >= 15 is 0 Å². The van der Waals surface area contributed by atoms with Crippen LogP contribution in [0.1, 0.15) is 0 Å². The average Bonchev–Trinajstić information content (AvgIpc) is 3.77. The third-order valence-corrected chi connectivity index (χ3v) is 9.55. The maximum absolute atomic E-state index is 6.16. The van der Waals surface area contributed by atoms with Crippen molar-refractivity contribution in [1.29, 1.82) is 0 Å². The van der Waals surface area contributed by atoms with Gasteiger partial charge in [0, 0.05) is 38.2 Å². The Morgan fingerprint density at radius 3 is 1.24 bits per heavy atom. The maximum atomic E-state index is 6.16. The highest BCUT2D eigenvalue weighted by atomic mass is 16.3. The van der Waals surface area contributed by atoms with E-state index in [2.05, 4.69) is 115 Å². The Kier molecular flexibility index (Phi) is 6.46. The van der Waals surface area contributed by atoms with Crippen molar-refractivity contribution < 1.29 is 8.83 Å². The number of hydrogen-bond acceptors (Lipinski definition) is 4. The summed E-state index contributed by atoms with van der Waals surface area (Å²) in [7, 11) is 0. The molecule has 234 valence electrons. The first-order valence-corrected chi connectivity index (χ1v) is 16.7. The van der Waals surface area contributed by atoms with Gasteiger partial charge < -0.3 is 8.83 Å². The molecule has 0 atom stereocenters. The van der Waals surface area contributed by atoms with E-state index in [9.17, 15) is 0 Å². The summed E-state index contributed by atoms with van der Waals surface area (Å²) in [4.78, 5) is 10.1. The predicted molar refractivity (Wildman–Crippen MR) is 204 cm³/mol. The molecule has 0 aliphatic carbocycles. The van der Waals surface area contributed by atoms with Crippen molar-refractivity contribution in [1.82, 2.24) is 9.97 Å². The number of hydrogen-bond donors (Lipinski definition) is 0. The van der Waals surface area contributed by atoms with Crippen LogP contribution in [0.3, 0.4) is 0 Å². The zero-order valence-electron chi connectivity index (χ0n) is 26.9. The van der Waals surface area contributed by atoms with Gasteiger partial charge in [-0.05, 0) is 52.6 Å². The van der Waals surface area contributed by atoms with Crippen LogP contribution < -0.4 is 0 Å². The molecule has 0 fully saturated rings. The van der Waals surface area contributed by atoms with Gasteiger partial charge in [-0.25, -0.2) is 9.97 Å². The Bertz CT molecular complexity index is 2670. The maximum Gasteiger partial charge on any atom is 0.160 e. The Morgan fingerprint density at radius 2 is 0.740 bits per heavy atom. The van der Waals surface area contributed by atoms with Gasteiger partial charge in [0.25, 0.3) is 0 Å². The van der Waals surface area contributed by atoms with Gasteiger partial charge in [-0.15, -0.1) is 0 Å². The quantitative estimate of drug-likeness (QED) is 0.188. The molecule has 0 aliphatic heterocycles. The van der Waals surface area contributed by atoms with E-state index in [1.807, 2.05) is 54.6 Å². The smallest absolute Gasteiger partial charge is 0.160 e. The molecule has 0 saturated carbocycles. The molecule has 0 aliphatic rings. The van der Waals surface area contributed by atoms with Gasteiger partial charge in [0.1, 0.15) is 22.3 Å². The van der Waals surface area contributed by atoms with Gasteiger partial charge in [0.05, 0.1) is 11.4 Å². The highest BCUT2D eigenvalue weighted by molar-refractivity contribution is 6.13. The summed E-state index contributed by atoms with van der Waals surface area (Å²) in [6, 6.07) is 58.5. The number of furan rings is 2. The summed E-state index contributed by atoms with van der Waals surface area (Å²) in [6.07, 6.45) is 0. The van der Waals surface area contributed by atoms with Gasteiger partial charge in [-0.1, -0.05) is 140 Å². The molecule has 10 rings (SSSR count). The van der Waals surface area contributed by atoms with Crippen LogP contribution in [0.4, 0.5) is 0 Å². The van der Waals surface area contributed by atoms with Crippen LogP contribution in [0.25, 0.3) is 100 Å². The third kappa shape index (κ3) is 4.69. The molecule has 50 heavy (non-hydrogen) atoms. The Hall–Kier alpha value is -6.78. The molecule has 0 saturated heterocycles. The number of nitrogens with zero attached hydrogens (tertiary/aromatic N) is 2. The van der Waals surface area contributed by atoms with Crippen molar-refractivity contribution in [2.45, 2.75) is 0 Å². The van der Waals surface area contributed by atoms with Crippen molar-refractivity contribution in [2.24, 2.45) is 0 Å². The molecule has 0 unspecified atom stereocenters. The molecule has 3 aromatic heterocycles. The first-order chi connectivity index (χ1) is 24.8. The summed E-state index contributed by atoms with van der Waals surface area (Å²) in [5.41, 5.74) is 12.9. The molecule has 0 N–H and O–H groups in total. The molecule has 10 aromatic rings. The van der Waals surface area contributed by atoms with Crippen molar-refractivity contribution in [3.8, 4) is 56.2 Å². The SMILES string of the molecule is c1ccc(-c2nc(-c3ccc(-c4cccc5oc6ccccc6c45)cc3)cc(-c3ccc(-c4cccc5oc6ccccc6c45)cc3)n2)cc1. The normalized spacial score (nSPS) is 11.6.